The van der Waals surface area contributed by atoms with Gasteiger partial charge >= 0.3 is 0 Å². The van der Waals surface area contributed by atoms with E-state index < -0.39 is 0 Å². The molecule has 6 nitrogen and oxygen atoms in total. The molecular formula is C22H18BrN5O. The molecule has 0 saturated heterocycles. The van der Waals surface area contributed by atoms with E-state index in [1.54, 1.807) is 12.1 Å². The third-order valence-corrected chi connectivity index (χ3v) is 5.34. The molecule has 0 saturated carbocycles. The number of hydrogen-bond acceptors (Lipinski definition) is 5. The van der Waals surface area contributed by atoms with Crippen molar-refractivity contribution in [2.75, 3.05) is 11.9 Å². The van der Waals surface area contributed by atoms with E-state index in [0.29, 0.717) is 33.7 Å². The molecule has 1 N–H and O–H groups in total. The van der Waals surface area contributed by atoms with E-state index >= 15 is 0 Å². The second-order valence-corrected chi connectivity index (χ2v) is 7.56. The number of anilines is 2. The van der Waals surface area contributed by atoms with Crippen molar-refractivity contribution < 1.29 is 0 Å². The second-order valence-electron chi connectivity index (χ2n) is 6.77. The Morgan fingerprint density at radius 1 is 1.07 bits per heavy atom. The zero-order chi connectivity index (χ0) is 21.1. The highest BCUT2D eigenvalue weighted by Gasteiger charge is 2.18. The van der Waals surface area contributed by atoms with Crippen molar-refractivity contribution in [3.63, 3.8) is 0 Å². The molecule has 7 heteroatoms. The fourth-order valence-electron chi connectivity index (χ4n) is 3.34. The van der Waals surface area contributed by atoms with Crippen LogP contribution in [0.3, 0.4) is 0 Å². The van der Waals surface area contributed by atoms with Gasteiger partial charge in [0.15, 0.2) is 5.82 Å². The SMILES string of the molecule is Cc1cc(C#N)cc(C)c1N(C)c1nc(Cc2ccc(C#N)cc2)[nH]c(=O)c1Br. The van der Waals surface area contributed by atoms with Crippen LogP contribution in [0.1, 0.15) is 33.6 Å². The Balaban J connectivity index is 2.03. The normalized spacial score (nSPS) is 10.3. The first-order valence-corrected chi connectivity index (χ1v) is 9.66. The molecule has 2 aromatic carbocycles. The summed E-state index contributed by atoms with van der Waals surface area (Å²) in [5.74, 6) is 1.02. The summed E-state index contributed by atoms with van der Waals surface area (Å²) in [7, 11) is 1.85. The second kappa shape index (κ2) is 8.30. The van der Waals surface area contributed by atoms with Crippen LogP contribution in [0.15, 0.2) is 45.7 Å². The Labute approximate surface area is 177 Å². The van der Waals surface area contributed by atoms with E-state index in [-0.39, 0.29) is 5.56 Å². The van der Waals surface area contributed by atoms with E-state index in [0.717, 1.165) is 22.4 Å². The van der Waals surface area contributed by atoms with Crippen LogP contribution >= 0.6 is 15.9 Å². The van der Waals surface area contributed by atoms with Gasteiger partial charge in [-0.05, 0) is 70.7 Å². The Morgan fingerprint density at radius 2 is 1.66 bits per heavy atom. The molecule has 29 heavy (non-hydrogen) atoms. The predicted octanol–water partition coefficient (Wildman–Crippen LogP) is 4.25. The number of aromatic amines is 1. The van der Waals surface area contributed by atoms with E-state index in [2.05, 4.69) is 38.0 Å². The molecule has 0 bridgehead atoms. The molecule has 3 aromatic rings. The van der Waals surface area contributed by atoms with Crippen LogP contribution in [0.25, 0.3) is 0 Å². The number of H-pyrrole nitrogens is 1. The molecule has 0 aliphatic rings. The summed E-state index contributed by atoms with van der Waals surface area (Å²) in [5.41, 5.74) is 4.59. The molecule has 1 heterocycles. The van der Waals surface area contributed by atoms with Gasteiger partial charge in [0.25, 0.3) is 5.56 Å². The molecule has 0 radical (unpaired) electrons. The average molecular weight is 448 g/mol. The van der Waals surface area contributed by atoms with Crippen molar-refractivity contribution >= 4 is 27.4 Å². The van der Waals surface area contributed by atoms with Crippen LogP contribution < -0.4 is 10.5 Å². The van der Waals surface area contributed by atoms with Gasteiger partial charge in [-0.1, -0.05) is 12.1 Å². The maximum atomic E-state index is 12.5. The van der Waals surface area contributed by atoms with Crippen LogP contribution in [-0.4, -0.2) is 17.0 Å². The van der Waals surface area contributed by atoms with Gasteiger partial charge in [-0.25, -0.2) is 4.98 Å². The van der Waals surface area contributed by atoms with Gasteiger partial charge in [0.1, 0.15) is 10.3 Å². The molecule has 0 atom stereocenters. The van der Waals surface area contributed by atoms with Gasteiger partial charge in [0.2, 0.25) is 0 Å². The summed E-state index contributed by atoms with van der Waals surface area (Å²) >= 11 is 3.36. The monoisotopic (exact) mass is 447 g/mol. The first-order valence-electron chi connectivity index (χ1n) is 8.87. The smallest absolute Gasteiger partial charge is 0.267 e. The zero-order valence-corrected chi connectivity index (χ0v) is 17.8. The Bertz CT molecular complexity index is 1190. The number of aromatic nitrogens is 2. The lowest BCUT2D eigenvalue weighted by molar-refractivity contribution is 0.919. The van der Waals surface area contributed by atoms with E-state index in [4.69, 9.17) is 5.26 Å². The summed E-state index contributed by atoms with van der Waals surface area (Å²) in [6.45, 7) is 3.86. The minimum atomic E-state index is -0.269. The molecule has 0 spiro atoms. The highest BCUT2D eigenvalue weighted by atomic mass is 79.9. The minimum absolute atomic E-state index is 0.269. The molecule has 0 aliphatic carbocycles. The van der Waals surface area contributed by atoms with E-state index in [1.165, 1.54) is 0 Å². The molecular weight excluding hydrogens is 430 g/mol. The number of aryl methyl sites for hydroxylation is 2. The quantitative estimate of drug-likeness (QED) is 0.644. The van der Waals surface area contributed by atoms with Crippen LogP contribution in [0.4, 0.5) is 11.5 Å². The van der Waals surface area contributed by atoms with Crippen molar-refractivity contribution in [3.8, 4) is 12.1 Å². The Hall–Kier alpha value is -3.42. The fraction of sp³-hybridized carbons (Fsp3) is 0.182. The van der Waals surface area contributed by atoms with Gasteiger partial charge in [0, 0.05) is 19.2 Å². The number of halogens is 1. The maximum Gasteiger partial charge on any atom is 0.267 e. The molecule has 3 rings (SSSR count). The average Bonchev–Trinajstić information content (AvgIpc) is 2.70. The van der Waals surface area contributed by atoms with Crippen molar-refractivity contribution in [2.24, 2.45) is 0 Å². The van der Waals surface area contributed by atoms with Gasteiger partial charge in [0.05, 0.1) is 23.3 Å². The van der Waals surface area contributed by atoms with Crippen LogP contribution in [-0.2, 0) is 6.42 Å². The first kappa shape index (κ1) is 20.3. The predicted molar refractivity (Wildman–Crippen MR) is 115 cm³/mol. The minimum Gasteiger partial charge on any atom is -0.328 e. The third kappa shape index (κ3) is 4.21. The number of benzene rings is 2. The molecule has 0 amide bonds. The maximum absolute atomic E-state index is 12.5. The van der Waals surface area contributed by atoms with Gasteiger partial charge in [-0.15, -0.1) is 0 Å². The molecule has 0 fully saturated rings. The van der Waals surface area contributed by atoms with Crippen LogP contribution in [0, 0.1) is 36.5 Å². The first-order chi connectivity index (χ1) is 13.8. The summed E-state index contributed by atoms with van der Waals surface area (Å²) < 4.78 is 0.340. The third-order valence-electron chi connectivity index (χ3n) is 4.62. The largest absolute Gasteiger partial charge is 0.328 e. The summed E-state index contributed by atoms with van der Waals surface area (Å²) in [6, 6.07) is 15.1. The van der Waals surface area contributed by atoms with Crippen LogP contribution in [0.2, 0.25) is 0 Å². The summed E-state index contributed by atoms with van der Waals surface area (Å²) in [4.78, 5) is 21.8. The molecule has 0 aliphatic heterocycles. The number of nitriles is 2. The van der Waals surface area contributed by atoms with Gasteiger partial charge in [-0.3, -0.25) is 4.79 Å². The summed E-state index contributed by atoms with van der Waals surface area (Å²) in [5, 5.41) is 18.1. The van der Waals surface area contributed by atoms with Crippen molar-refractivity contribution in [1.82, 2.24) is 9.97 Å². The lowest BCUT2D eigenvalue weighted by Crippen LogP contribution is -2.22. The van der Waals surface area contributed by atoms with E-state index in [1.807, 2.05) is 50.1 Å². The lowest BCUT2D eigenvalue weighted by Gasteiger charge is -2.24. The molecule has 144 valence electrons. The number of nitrogens with one attached hydrogen (secondary N) is 1. The Kier molecular flexibility index (Phi) is 5.81. The summed E-state index contributed by atoms with van der Waals surface area (Å²) in [6.07, 6.45) is 0.431. The standard InChI is InChI=1S/C22H18BrN5O/c1-13-8-17(12-25)9-14(2)20(13)28(3)21-19(23)22(29)27-18(26-21)10-15-4-6-16(11-24)7-5-15/h4-9H,10H2,1-3H3,(H,26,27,29). The zero-order valence-electron chi connectivity index (χ0n) is 16.2. The highest BCUT2D eigenvalue weighted by Crippen LogP contribution is 2.32. The van der Waals surface area contributed by atoms with Gasteiger partial charge < -0.3 is 9.88 Å². The number of rotatable bonds is 4. The number of hydrogen-bond donors (Lipinski definition) is 1. The lowest BCUT2D eigenvalue weighted by atomic mass is 10.0. The van der Waals surface area contributed by atoms with Crippen molar-refractivity contribution in [2.45, 2.75) is 20.3 Å². The van der Waals surface area contributed by atoms with Gasteiger partial charge in [-0.2, -0.15) is 10.5 Å². The van der Waals surface area contributed by atoms with Crippen molar-refractivity contribution in [1.29, 1.82) is 10.5 Å². The highest BCUT2D eigenvalue weighted by molar-refractivity contribution is 9.10. The molecule has 0 unspecified atom stereocenters. The molecule has 1 aromatic heterocycles. The number of nitrogens with zero attached hydrogens (tertiary/aromatic N) is 4. The van der Waals surface area contributed by atoms with Crippen LogP contribution in [0.5, 0.6) is 0 Å². The topological polar surface area (TPSA) is 96.6 Å². The fourth-order valence-corrected chi connectivity index (χ4v) is 3.80. The van der Waals surface area contributed by atoms with E-state index in [9.17, 15) is 10.1 Å². The van der Waals surface area contributed by atoms with Crippen molar-refractivity contribution in [3.05, 3.63) is 84.9 Å². The Morgan fingerprint density at radius 3 is 2.21 bits per heavy atom.